The molecule has 5 atom stereocenters. The van der Waals surface area contributed by atoms with Gasteiger partial charge in [-0.1, -0.05) is 75.4 Å². The number of nitrogens with two attached hydrogens (primary N) is 1. The Morgan fingerprint density at radius 2 is 1.48 bits per heavy atom. The van der Waals surface area contributed by atoms with E-state index in [2.05, 4.69) is 77.3 Å². The summed E-state index contributed by atoms with van der Waals surface area (Å²) in [5.41, 5.74) is 6.53. The Kier molecular flexibility index (Phi) is 15.2. The average molecular weight is 867 g/mol. The van der Waals surface area contributed by atoms with E-state index < -0.39 is 52.7 Å². The van der Waals surface area contributed by atoms with Crippen LogP contribution in [0.3, 0.4) is 0 Å². The first-order chi connectivity index (χ1) is 28.9. The highest BCUT2D eigenvalue weighted by molar-refractivity contribution is 7.44. The van der Waals surface area contributed by atoms with Crippen LogP contribution in [-0.2, 0) is 28.5 Å². The predicted octanol–water partition coefficient (Wildman–Crippen LogP) is 8.80. The Morgan fingerprint density at radius 3 is 1.98 bits per heavy atom. The minimum Gasteiger partial charge on any atom is -0.497 e. The molecule has 5 rings (SSSR count). The van der Waals surface area contributed by atoms with Gasteiger partial charge in [0.1, 0.15) is 41.2 Å². The van der Waals surface area contributed by atoms with E-state index in [4.69, 9.17) is 39.5 Å². The van der Waals surface area contributed by atoms with Crippen molar-refractivity contribution in [3.05, 3.63) is 118 Å². The van der Waals surface area contributed by atoms with Gasteiger partial charge in [0.25, 0.3) is 8.53 Å². The van der Waals surface area contributed by atoms with Crippen molar-refractivity contribution in [2.24, 2.45) is 0 Å². The van der Waals surface area contributed by atoms with Crippen LogP contribution < -0.4 is 20.9 Å². The van der Waals surface area contributed by atoms with Gasteiger partial charge in [-0.3, -0.25) is 4.57 Å². The molecule has 2 heterocycles. The van der Waals surface area contributed by atoms with E-state index >= 15 is 0 Å². The Balaban J connectivity index is 1.74. The second-order valence-electron chi connectivity index (χ2n) is 16.8. The van der Waals surface area contributed by atoms with E-state index in [1.165, 1.54) is 10.8 Å². The van der Waals surface area contributed by atoms with Crippen LogP contribution in [-0.4, -0.2) is 80.4 Å². The molecule has 0 amide bonds. The lowest BCUT2D eigenvalue weighted by Gasteiger charge is -2.42. The summed E-state index contributed by atoms with van der Waals surface area (Å²) in [5.74, 6) is 1.17. The van der Waals surface area contributed by atoms with E-state index in [1.807, 2.05) is 78.9 Å². The molecule has 1 fully saturated rings. The maximum absolute atomic E-state index is 13.8. The van der Waals surface area contributed by atoms with Crippen LogP contribution in [0.5, 0.6) is 11.5 Å². The molecule has 0 spiro atoms. The van der Waals surface area contributed by atoms with Gasteiger partial charge in [-0.2, -0.15) is 10.2 Å². The summed E-state index contributed by atoms with van der Waals surface area (Å²) in [4.78, 5) is 17.8. The fourth-order valence-corrected chi connectivity index (χ4v) is 10.1. The number of nitrogens with zero attached hydrogens (tertiary/aromatic N) is 4. The molecule has 0 bridgehead atoms. The lowest BCUT2D eigenvalue weighted by Crippen LogP contribution is -2.50. The Morgan fingerprint density at radius 1 is 0.933 bits per heavy atom. The molecule has 1 aromatic heterocycles. The Labute approximate surface area is 359 Å². The maximum atomic E-state index is 13.8. The first-order valence-electron chi connectivity index (χ1n) is 20.8. The van der Waals surface area contributed by atoms with Gasteiger partial charge < -0.3 is 38.2 Å². The molecule has 0 radical (unpaired) electrons. The SMILES string of the molecule is [2H]c1cn([13C@@H]2O[13C@H]([13CH2]OC(c3ccccc3)(c3ccc(OC)cc3)c3ccc(OC)cc3)[13C@@H](OP(OCCC#N)N(C(C)C)C(C)C)[13C@H]2O[Si](C)(C)C(C)(C)C)c(=O)nc1[15NH2]. The number of ether oxygens (including phenoxy) is 4. The highest BCUT2D eigenvalue weighted by Gasteiger charge is 2.54. The van der Waals surface area contributed by atoms with Crippen molar-refractivity contribution in [1.29, 1.82) is 5.26 Å². The second kappa shape index (κ2) is 20.1. The summed E-state index contributed by atoms with van der Waals surface area (Å²) >= 11 is 0. The van der Waals surface area contributed by atoms with Crippen LogP contribution in [0.4, 0.5) is 5.82 Å². The van der Waals surface area contributed by atoms with Gasteiger partial charge in [-0.15, -0.1) is 0 Å². The Bertz CT molecular complexity index is 2080. The van der Waals surface area contributed by atoms with Crippen molar-refractivity contribution in [2.45, 2.75) is 115 Å². The molecular weight excluding hydrogens is 804 g/mol. The zero-order chi connectivity index (χ0) is 44.7. The fourth-order valence-electron chi connectivity index (χ4n) is 7.08. The topological polar surface area (TPSA) is 153 Å². The zero-order valence-corrected chi connectivity index (χ0v) is 38.6. The Hall–Kier alpha value is -4.16. The molecule has 0 saturated carbocycles. The molecule has 15 heteroatoms. The minimum absolute atomic E-state index is 0.00793. The highest BCUT2D eigenvalue weighted by Crippen LogP contribution is 2.52. The molecule has 1 aliphatic rings. The number of anilines is 1. The highest BCUT2D eigenvalue weighted by atomic mass is 31.2. The maximum Gasteiger partial charge on any atom is 0.351 e. The smallest absolute Gasteiger partial charge is 0.351 e. The van der Waals surface area contributed by atoms with Crippen molar-refractivity contribution in [1.82, 2.24) is 14.2 Å². The molecule has 0 aliphatic carbocycles. The largest absolute Gasteiger partial charge is 0.497 e. The number of hydrogen-bond donors (Lipinski definition) is 1. The number of hydrogen-bond acceptors (Lipinski definition) is 12. The number of rotatable bonds is 19. The molecule has 324 valence electrons. The number of nitriles is 1. The van der Waals surface area contributed by atoms with Gasteiger partial charge in [0.15, 0.2) is 14.5 Å². The molecular formula is C45H62N5O8PSi. The normalized spacial score (nSPS) is 19.4. The molecule has 1 aliphatic heterocycles. The minimum atomic E-state index is -2.67. The summed E-state index contributed by atoms with van der Waals surface area (Å²) in [5, 5.41) is 9.26. The monoisotopic (exact) mass is 866 g/mol. The third-order valence-electron chi connectivity index (χ3n) is 11.1. The third-order valence-corrected chi connectivity index (χ3v) is 17.7. The van der Waals surface area contributed by atoms with Crippen LogP contribution >= 0.6 is 8.53 Å². The van der Waals surface area contributed by atoms with Gasteiger partial charge in [0.05, 0.1) is 41.3 Å². The fraction of sp³-hybridized carbons (Fsp3) is 0.489. The number of benzene rings is 3. The van der Waals surface area contributed by atoms with Crippen LogP contribution in [0.15, 0.2) is 95.9 Å². The summed E-state index contributed by atoms with van der Waals surface area (Å²) < 4.78 is 58.5. The first kappa shape index (κ1) is 45.4. The van der Waals surface area contributed by atoms with E-state index in [9.17, 15) is 10.1 Å². The van der Waals surface area contributed by atoms with E-state index in [1.54, 1.807) is 14.2 Å². The van der Waals surface area contributed by atoms with Crippen molar-refractivity contribution in [3.63, 3.8) is 0 Å². The van der Waals surface area contributed by atoms with Crippen molar-refractivity contribution in [2.75, 3.05) is 33.2 Å². The van der Waals surface area contributed by atoms with Crippen LogP contribution in [0.1, 0.15) is 79.2 Å². The molecule has 3 aromatic carbocycles. The van der Waals surface area contributed by atoms with Crippen LogP contribution in [0.2, 0.25) is 18.1 Å². The van der Waals surface area contributed by atoms with Gasteiger partial charge >= 0.3 is 5.69 Å². The molecule has 13 nitrogen and oxygen atoms in total. The average Bonchev–Trinajstić information content (AvgIpc) is 3.54. The standard InChI is InChI=1S/C45H62N5O8PSi/c1-31(2)50(32(3)4)59(55-29-15-27-46)57-40-38(56-42(49-28-26-39(47)48-43(49)51)41(40)58-60(10,11)44(5,6)7)30-54-45(33-16-13-12-14-17-33,34-18-22-36(52-8)23-19-34)35-20-24-37(53-9)25-21-35/h12-14,16-26,28,31-32,38,40-42H,15,29-30H2,1-11H3,(H2,47,48,51)/t38-,40-,41-,42-,59?/m1/s1/i26D,30+1,38+1,40+1,41+1,42+1,47+1. The number of nitrogen functional groups attached to an aromatic ring is 1. The molecule has 2 N–H and O–H groups in total. The van der Waals surface area contributed by atoms with E-state index in [0.29, 0.717) is 11.5 Å². The molecule has 1 unspecified atom stereocenters. The number of methoxy groups -OCH3 is 2. The molecule has 60 heavy (non-hydrogen) atoms. The molecule has 1 saturated heterocycles. The third kappa shape index (κ3) is 10.5. The van der Waals surface area contributed by atoms with Crippen molar-refractivity contribution >= 4 is 22.7 Å². The van der Waals surface area contributed by atoms with Crippen molar-refractivity contribution in [3.8, 4) is 17.6 Å². The summed E-state index contributed by atoms with van der Waals surface area (Å²) in [6.07, 6.45) is -2.30. The van der Waals surface area contributed by atoms with Gasteiger partial charge in [0, 0.05) is 18.3 Å². The van der Waals surface area contributed by atoms with Crippen molar-refractivity contribution < 1.29 is 33.8 Å². The van der Waals surface area contributed by atoms with E-state index in [-0.39, 0.29) is 48.6 Å². The summed E-state index contributed by atoms with van der Waals surface area (Å²) in [6.45, 7) is 19.0. The summed E-state index contributed by atoms with van der Waals surface area (Å²) in [7, 11) is -1.26. The first-order valence-corrected chi connectivity index (χ1v) is 24.3. The lowest BCUT2D eigenvalue weighted by molar-refractivity contribution is -0.0943. The molecule has 4 aromatic rings. The van der Waals surface area contributed by atoms with Gasteiger partial charge in [-0.25, -0.2) is 9.46 Å². The summed E-state index contributed by atoms with van der Waals surface area (Å²) in [6, 6.07) is 27.5. The zero-order valence-electron chi connectivity index (χ0n) is 37.7. The lowest BCUT2D eigenvalue weighted by atomic mass is 9.80. The quantitative estimate of drug-likeness (QED) is 0.0239. The van der Waals surface area contributed by atoms with Crippen LogP contribution in [0, 0.1) is 11.3 Å². The predicted molar refractivity (Wildman–Crippen MR) is 237 cm³/mol. The number of aromatic nitrogens is 2. The van der Waals surface area contributed by atoms with E-state index in [0.717, 1.165) is 16.7 Å². The second-order valence-corrected chi connectivity index (χ2v) is 23.0. The van der Waals surface area contributed by atoms with Gasteiger partial charge in [0.2, 0.25) is 0 Å². The van der Waals surface area contributed by atoms with Gasteiger partial charge in [-0.05, 0) is 92.8 Å². The van der Waals surface area contributed by atoms with Crippen LogP contribution in [0.25, 0.3) is 0 Å².